The highest BCUT2D eigenvalue weighted by Crippen LogP contribution is 2.36. The second-order valence-corrected chi connectivity index (χ2v) is 5.90. The zero-order chi connectivity index (χ0) is 17.9. The number of anilines is 1. The van der Waals surface area contributed by atoms with E-state index in [9.17, 15) is 22.8 Å². The van der Waals surface area contributed by atoms with E-state index < -0.39 is 22.7 Å². The third-order valence-electron chi connectivity index (χ3n) is 3.59. The monoisotopic (exact) mass is 364 g/mol. The molecule has 0 aliphatic carbocycles. The smallest absolute Gasteiger partial charge is 0.381 e. The van der Waals surface area contributed by atoms with E-state index in [0.717, 1.165) is 12.1 Å². The molecule has 0 radical (unpaired) electrons. The molecule has 0 aromatic heterocycles. The number of carbonyl (C=O) groups is 2. The van der Waals surface area contributed by atoms with Crippen molar-refractivity contribution in [3.8, 4) is 0 Å². The average molecular weight is 365 g/mol. The van der Waals surface area contributed by atoms with Crippen molar-refractivity contribution in [3.05, 3.63) is 28.8 Å². The van der Waals surface area contributed by atoms with Gasteiger partial charge >= 0.3 is 6.18 Å². The Morgan fingerprint density at radius 1 is 1.42 bits per heavy atom. The molecule has 5 nitrogen and oxygen atoms in total. The summed E-state index contributed by atoms with van der Waals surface area (Å²) in [6, 6.07) is 3.08. The number of carbonyl (C=O) groups excluding carboxylic acids is 2. The van der Waals surface area contributed by atoms with Gasteiger partial charge in [-0.15, -0.1) is 0 Å². The first kappa shape index (κ1) is 18.5. The highest BCUT2D eigenvalue weighted by Gasteiger charge is 2.33. The first-order valence-electron chi connectivity index (χ1n) is 7.18. The van der Waals surface area contributed by atoms with Crippen molar-refractivity contribution in [3.63, 3.8) is 0 Å². The first-order valence-corrected chi connectivity index (χ1v) is 7.55. The van der Waals surface area contributed by atoms with Crippen LogP contribution in [-0.2, 0) is 20.5 Å². The maximum Gasteiger partial charge on any atom is 0.417 e. The van der Waals surface area contributed by atoms with E-state index in [1.807, 2.05) is 0 Å². The number of benzene rings is 1. The van der Waals surface area contributed by atoms with Crippen LogP contribution in [0, 0.1) is 5.92 Å². The maximum atomic E-state index is 12.8. The Balaban J connectivity index is 1.98. The van der Waals surface area contributed by atoms with Gasteiger partial charge in [-0.3, -0.25) is 9.59 Å². The molecule has 1 N–H and O–H groups in total. The first-order chi connectivity index (χ1) is 11.2. The third-order valence-corrected chi connectivity index (χ3v) is 3.92. The highest BCUT2D eigenvalue weighted by atomic mass is 35.5. The van der Waals surface area contributed by atoms with E-state index in [2.05, 4.69) is 5.32 Å². The molecule has 0 saturated carbocycles. The Morgan fingerprint density at radius 2 is 2.12 bits per heavy atom. The van der Waals surface area contributed by atoms with Crippen molar-refractivity contribution in [1.82, 2.24) is 4.90 Å². The van der Waals surface area contributed by atoms with Crippen molar-refractivity contribution >= 4 is 29.1 Å². The van der Waals surface area contributed by atoms with Gasteiger partial charge in [0.1, 0.15) is 0 Å². The number of hydrogen-bond acceptors (Lipinski definition) is 3. The van der Waals surface area contributed by atoms with Gasteiger partial charge in [0.15, 0.2) is 0 Å². The van der Waals surface area contributed by atoms with Gasteiger partial charge in [-0.1, -0.05) is 11.6 Å². The zero-order valence-electron chi connectivity index (χ0n) is 12.8. The molecule has 132 valence electrons. The number of nitrogens with one attached hydrogen (secondary N) is 1. The zero-order valence-corrected chi connectivity index (χ0v) is 13.6. The van der Waals surface area contributed by atoms with Gasteiger partial charge in [-0.05, 0) is 24.6 Å². The van der Waals surface area contributed by atoms with Crippen molar-refractivity contribution < 1.29 is 27.5 Å². The number of ether oxygens (including phenoxy) is 1. The molecule has 24 heavy (non-hydrogen) atoms. The minimum atomic E-state index is -4.62. The lowest BCUT2D eigenvalue weighted by Gasteiger charge is -2.20. The fourth-order valence-corrected chi connectivity index (χ4v) is 2.58. The van der Waals surface area contributed by atoms with Crippen LogP contribution in [-0.4, -0.2) is 43.5 Å². The molecule has 1 atom stereocenters. The lowest BCUT2D eigenvalue weighted by Crippen LogP contribution is -2.38. The molecule has 1 fully saturated rings. The minimum absolute atomic E-state index is 0.0400. The average Bonchev–Trinajstić information content (AvgIpc) is 3.01. The summed E-state index contributed by atoms with van der Waals surface area (Å²) in [4.78, 5) is 25.2. The molecule has 0 unspecified atom stereocenters. The van der Waals surface area contributed by atoms with Crippen molar-refractivity contribution in [2.75, 3.05) is 32.1 Å². The van der Waals surface area contributed by atoms with Gasteiger partial charge in [0.25, 0.3) is 0 Å². The maximum absolute atomic E-state index is 12.8. The molecule has 2 amide bonds. The van der Waals surface area contributed by atoms with Crippen LogP contribution in [0.15, 0.2) is 18.2 Å². The van der Waals surface area contributed by atoms with Crippen LogP contribution in [0.25, 0.3) is 0 Å². The molecule has 0 spiro atoms. The number of alkyl halides is 3. The van der Waals surface area contributed by atoms with Crippen LogP contribution in [0.5, 0.6) is 0 Å². The normalized spacial score (nSPS) is 17.6. The van der Waals surface area contributed by atoms with Crippen LogP contribution < -0.4 is 5.32 Å². The van der Waals surface area contributed by atoms with Gasteiger partial charge in [0.2, 0.25) is 11.8 Å². The van der Waals surface area contributed by atoms with Gasteiger partial charge < -0.3 is 15.0 Å². The van der Waals surface area contributed by atoms with E-state index >= 15 is 0 Å². The SMILES string of the molecule is CN(CC(=O)Nc1ccc(Cl)c(C(F)(F)F)c1)C(=O)[C@@H]1CCOC1. The molecule has 1 heterocycles. The molecule has 0 bridgehead atoms. The number of rotatable bonds is 4. The van der Waals surface area contributed by atoms with E-state index in [1.165, 1.54) is 18.0 Å². The predicted molar refractivity (Wildman–Crippen MR) is 81.6 cm³/mol. The highest BCUT2D eigenvalue weighted by molar-refractivity contribution is 6.31. The second kappa shape index (κ2) is 7.40. The summed E-state index contributed by atoms with van der Waals surface area (Å²) in [7, 11) is 1.46. The number of nitrogens with zero attached hydrogens (tertiary/aromatic N) is 1. The summed E-state index contributed by atoms with van der Waals surface area (Å²) in [5.41, 5.74) is -1.07. The van der Waals surface area contributed by atoms with Crippen LogP contribution in [0.1, 0.15) is 12.0 Å². The van der Waals surface area contributed by atoms with Gasteiger partial charge in [-0.25, -0.2) is 0 Å². The van der Waals surface area contributed by atoms with Gasteiger partial charge in [-0.2, -0.15) is 13.2 Å². The van der Waals surface area contributed by atoms with Crippen LogP contribution in [0.2, 0.25) is 5.02 Å². The lowest BCUT2D eigenvalue weighted by atomic mass is 10.1. The minimum Gasteiger partial charge on any atom is -0.381 e. The molecular formula is C15H16ClF3N2O3. The quantitative estimate of drug-likeness (QED) is 0.893. The van der Waals surface area contributed by atoms with E-state index in [1.54, 1.807) is 0 Å². The Morgan fingerprint density at radius 3 is 2.71 bits per heavy atom. The largest absolute Gasteiger partial charge is 0.417 e. The Bertz CT molecular complexity index is 631. The Kier molecular flexibility index (Phi) is 5.71. The molecule has 9 heteroatoms. The molecule has 2 rings (SSSR count). The number of hydrogen-bond donors (Lipinski definition) is 1. The lowest BCUT2D eigenvalue weighted by molar-refractivity contribution is -0.137. The van der Waals surface area contributed by atoms with Crippen molar-refractivity contribution in [1.29, 1.82) is 0 Å². The summed E-state index contributed by atoms with van der Waals surface area (Å²) in [5, 5.41) is 1.89. The topological polar surface area (TPSA) is 58.6 Å². The van der Waals surface area contributed by atoms with Gasteiger partial charge in [0.05, 0.1) is 29.7 Å². The Labute approximate surface area is 141 Å². The van der Waals surface area contributed by atoms with Crippen LogP contribution in [0.3, 0.4) is 0 Å². The van der Waals surface area contributed by atoms with Crippen molar-refractivity contribution in [2.45, 2.75) is 12.6 Å². The fraction of sp³-hybridized carbons (Fsp3) is 0.467. The predicted octanol–water partition coefficient (Wildman–Crippen LogP) is 2.79. The van der Waals surface area contributed by atoms with E-state index in [4.69, 9.17) is 16.3 Å². The number of likely N-dealkylation sites (N-methyl/N-ethyl adjacent to an activating group) is 1. The molecule has 1 aliphatic heterocycles. The standard InChI is InChI=1S/C15H16ClF3N2O3/c1-21(14(23)9-4-5-24-8-9)7-13(22)20-10-2-3-12(16)11(6-10)15(17,18)19/h2-3,6,9H,4-5,7-8H2,1H3,(H,20,22)/t9-/m1/s1. The molecular weight excluding hydrogens is 349 g/mol. The summed E-state index contributed by atoms with van der Waals surface area (Å²) in [5.74, 6) is -1.11. The fourth-order valence-electron chi connectivity index (χ4n) is 2.36. The summed E-state index contributed by atoms with van der Waals surface area (Å²) >= 11 is 5.52. The summed E-state index contributed by atoms with van der Waals surface area (Å²) < 4.78 is 43.5. The third kappa shape index (κ3) is 4.61. The van der Waals surface area contributed by atoms with Crippen LogP contribution >= 0.6 is 11.6 Å². The number of amides is 2. The van der Waals surface area contributed by atoms with Crippen LogP contribution in [0.4, 0.5) is 18.9 Å². The molecule has 1 saturated heterocycles. The molecule has 1 aliphatic rings. The second-order valence-electron chi connectivity index (χ2n) is 5.50. The van der Waals surface area contributed by atoms with E-state index in [0.29, 0.717) is 19.6 Å². The van der Waals surface area contributed by atoms with Crippen molar-refractivity contribution in [2.24, 2.45) is 5.92 Å². The number of halogens is 4. The Hall–Kier alpha value is -1.80. The van der Waals surface area contributed by atoms with Gasteiger partial charge in [0, 0.05) is 19.3 Å². The summed E-state index contributed by atoms with van der Waals surface area (Å²) in [6.45, 7) is 0.553. The molecule has 1 aromatic carbocycles. The van der Waals surface area contributed by atoms with E-state index in [-0.39, 0.29) is 24.1 Å². The molecule has 1 aromatic rings. The summed E-state index contributed by atoms with van der Waals surface area (Å²) in [6.07, 6.45) is -4.02.